The normalized spacial score (nSPS) is 12.5. The Bertz CT molecular complexity index is 1290. The van der Waals surface area contributed by atoms with Crippen molar-refractivity contribution >= 4 is 49.1 Å². The summed E-state index contributed by atoms with van der Waals surface area (Å²) in [6.45, 7) is 0. The first-order valence-electron chi connectivity index (χ1n) is 8.20. The van der Waals surface area contributed by atoms with E-state index >= 15 is 0 Å². The molecule has 0 fully saturated rings. The van der Waals surface area contributed by atoms with Crippen molar-refractivity contribution in [2.45, 2.75) is 5.92 Å². The lowest BCUT2D eigenvalue weighted by atomic mass is 9.87. The summed E-state index contributed by atoms with van der Waals surface area (Å²) in [6, 6.07) is 19.9. The summed E-state index contributed by atoms with van der Waals surface area (Å²) in [6.07, 6.45) is 0. The molecule has 0 saturated carbocycles. The van der Waals surface area contributed by atoms with Gasteiger partial charge in [-0.15, -0.1) is 0 Å². The van der Waals surface area contributed by atoms with Crippen LogP contribution in [0.1, 0.15) is 5.56 Å². The third-order valence-electron chi connectivity index (χ3n) is 5.13. The average Bonchev–Trinajstić information content (AvgIpc) is 2.65. The molecule has 4 heteroatoms. The molecule has 5 rings (SSSR count). The van der Waals surface area contributed by atoms with Crippen LogP contribution in [0.15, 0.2) is 66.7 Å². The third-order valence-corrected chi connectivity index (χ3v) is 5.13. The highest BCUT2D eigenvalue weighted by Crippen LogP contribution is 2.43. The van der Waals surface area contributed by atoms with Crippen LogP contribution in [-0.2, 0) is 10.7 Å². The highest BCUT2D eigenvalue weighted by Gasteiger charge is 2.42. The number of halogens is 2. The van der Waals surface area contributed by atoms with Gasteiger partial charge in [-0.2, -0.15) is 8.78 Å². The van der Waals surface area contributed by atoms with Gasteiger partial charge in [0.1, 0.15) is 0 Å². The molecule has 0 unspecified atom stereocenters. The maximum Gasteiger partial charge on any atom is 0.379 e. The number of hydrogen-bond acceptors (Lipinski definition) is 1. The van der Waals surface area contributed by atoms with Crippen molar-refractivity contribution in [3.8, 4) is 0 Å². The second-order valence-electron chi connectivity index (χ2n) is 6.48. The summed E-state index contributed by atoms with van der Waals surface area (Å²) in [5.41, 5.74) is -0.475. The second kappa shape index (κ2) is 4.88. The fourth-order valence-electron chi connectivity index (χ4n) is 4.03. The minimum atomic E-state index is -3.94. The summed E-state index contributed by atoms with van der Waals surface area (Å²) in [7, 11) is 0. The van der Waals surface area contributed by atoms with Crippen LogP contribution in [0.4, 0.5) is 8.78 Å². The largest absolute Gasteiger partial charge is 0.477 e. The summed E-state index contributed by atoms with van der Waals surface area (Å²) < 4.78 is 28.6. The zero-order chi connectivity index (χ0) is 18.1. The van der Waals surface area contributed by atoms with Crippen LogP contribution in [0.3, 0.4) is 0 Å². The lowest BCUT2D eigenvalue weighted by molar-refractivity contribution is -0.166. The lowest BCUT2D eigenvalue weighted by Crippen LogP contribution is -2.25. The Kier molecular flexibility index (Phi) is 2.82. The summed E-state index contributed by atoms with van der Waals surface area (Å²) >= 11 is 0. The van der Waals surface area contributed by atoms with E-state index in [9.17, 15) is 13.6 Å². The zero-order valence-electron chi connectivity index (χ0n) is 13.5. The van der Waals surface area contributed by atoms with Gasteiger partial charge in [0, 0.05) is 5.56 Å². The molecule has 0 aliphatic rings. The van der Waals surface area contributed by atoms with Crippen molar-refractivity contribution in [1.29, 1.82) is 0 Å². The Morgan fingerprint density at radius 2 is 1.19 bits per heavy atom. The smallest absolute Gasteiger partial charge is 0.379 e. The van der Waals surface area contributed by atoms with Crippen LogP contribution in [-0.4, -0.2) is 11.1 Å². The van der Waals surface area contributed by atoms with E-state index in [1.54, 1.807) is 18.2 Å². The van der Waals surface area contributed by atoms with Crippen LogP contribution < -0.4 is 0 Å². The van der Waals surface area contributed by atoms with Gasteiger partial charge in [-0.3, -0.25) is 0 Å². The van der Waals surface area contributed by atoms with Crippen LogP contribution in [0.2, 0.25) is 0 Å². The maximum atomic E-state index is 14.3. The molecule has 0 heterocycles. The average molecular weight is 346 g/mol. The zero-order valence-corrected chi connectivity index (χ0v) is 13.5. The Labute approximate surface area is 146 Å². The SMILES string of the molecule is O=C(O)C(F)(F)c1ccc2c3cccc4cccc(c5cccc1c52)c43. The number of alkyl halides is 2. The van der Waals surface area contributed by atoms with Gasteiger partial charge in [0.2, 0.25) is 0 Å². The first kappa shape index (κ1) is 15.0. The molecule has 0 amide bonds. The number of carbonyl (C=O) groups is 1. The van der Waals surface area contributed by atoms with Crippen LogP contribution in [0, 0.1) is 0 Å². The molecule has 5 aromatic rings. The fourth-order valence-corrected chi connectivity index (χ4v) is 4.03. The third kappa shape index (κ3) is 1.76. The van der Waals surface area contributed by atoms with E-state index in [1.807, 2.05) is 42.5 Å². The van der Waals surface area contributed by atoms with E-state index in [2.05, 4.69) is 0 Å². The second-order valence-corrected chi connectivity index (χ2v) is 6.48. The predicted octanol–water partition coefficient (Wildman–Crippen LogP) is 5.91. The molecule has 5 aromatic carbocycles. The molecule has 26 heavy (non-hydrogen) atoms. The molecular formula is C22H12F2O2. The Morgan fingerprint density at radius 1 is 0.692 bits per heavy atom. The molecule has 126 valence electrons. The number of carboxylic acid groups (broad SMARTS) is 1. The Hall–Kier alpha value is -3.27. The van der Waals surface area contributed by atoms with Gasteiger partial charge >= 0.3 is 11.9 Å². The van der Waals surface area contributed by atoms with Crippen molar-refractivity contribution in [2.24, 2.45) is 0 Å². The topological polar surface area (TPSA) is 37.3 Å². The Morgan fingerprint density at radius 3 is 1.81 bits per heavy atom. The van der Waals surface area contributed by atoms with E-state index in [1.165, 1.54) is 6.07 Å². The van der Waals surface area contributed by atoms with Crippen LogP contribution in [0.25, 0.3) is 43.1 Å². The van der Waals surface area contributed by atoms with Crippen molar-refractivity contribution < 1.29 is 18.7 Å². The van der Waals surface area contributed by atoms with Crippen LogP contribution >= 0.6 is 0 Å². The maximum absolute atomic E-state index is 14.3. The van der Waals surface area contributed by atoms with E-state index in [0.29, 0.717) is 5.39 Å². The highest BCUT2D eigenvalue weighted by atomic mass is 19.3. The van der Waals surface area contributed by atoms with E-state index in [4.69, 9.17) is 5.11 Å². The molecule has 1 N–H and O–H groups in total. The number of benzene rings is 5. The summed E-state index contributed by atoms with van der Waals surface area (Å²) in [5.74, 6) is -6.09. The molecule has 0 aromatic heterocycles. The fraction of sp³-hybridized carbons (Fsp3) is 0.0455. The molecule has 0 bridgehead atoms. The van der Waals surface area contributed by atoms with E-state index < -0.39 is 17.5 Å². The number of fused-ring (bicyclic) bond motifs is 2. The molecule has 0 aliphatic heterocycles. The monoisotopic (exact) mass is 346 g/mol. The molecule has 0 radical (unpaired) electrons. The van der Waals surface area contributed by atoms with Crippen molar-refractivity contribution in [2.75, 3.05) is 0 Å². The van der Waals surface area contributed by atoms with Crippen LogP contribution in [0.5, 0.6) is 0 Å². The molecule has 0 spiro atoms. The number of rotatable bonds is 2. The predicted molar refractivity (Wildman–Crippen MR) is 99.2 cm³/mol. The van der Waals surface area contributed by atoms with Gasteiger partial charge in [0.25, 0.3) is 0 Å². The molecule has 0 aliphatic carbocycles. The first-order chi connectivity index (χ1) is 12.5. The Balaban J connectivity index is 2.09. The lowest BCUT2D eigenvalue weighted by Gasteiger charge is -2.18. The number of aliphatic carboxylic acids is 1. The highest BCUT2D eigenvalue weighted by molar-refractivity contribution is 6.33. The van der Waals surface area contributed by atoms with Crippen molar-refractivity contribution in [3.63, 3.8) is 0 Å². The molecule has 0 saturated heterocycles. The van der Waals surface area contributed by atoms with Gasteiger partial charge in [0.05, 0.1) is 0 Å². The van der Waals surface area contributed by atoms with E-state index in [0.717, 1.165) is 32.3 Å². The molecule has 0 atom stereocenters. The summed E-state index contributed by atoms with van der Waals surface area (Å²) in [5, 5.41) is 15.8. The molecular weight excluding hydrogens is 334 g/mol. The minimum Gasteiger partial charge on any atom is -0.477 e. The minimum absolute atomic E-state index is 0.277. The summed E-state index contributed by atoms with van der Waals surface area (Å²) in [4.78, 5) is 11.1. The van der Waals surface area contributed by atoms with Gasteiger partial charge in [-0.25, -0.2) is 4.79 Å². The van der Waals surface area contributed by atoms with Gasteiger partial charge in [-0.05, 0) is 43.1 Å². The first-order valence-corrected chi connectivity index (χ1v) is 8.20. The molecule has 2 nitrogen and oxygen atoms in total. The van der Waals surface area contributed by atoms with Gasteiger partial charge < -0.3 is 5.11 Å². The quantitative estimate of drug-likeness (QED) is 0.318. The van der Waals surface area contributed by atoms with Crippen molar-refractivity contribution in [3.05, 3.63) is 72.3 Å². The number of carboxylic acids is 1. The van der Waals surface area contributed by atoms with Gasteiger partial charge in [-0.1, -0.05) is 66.7 Å². The number of hydrogen-bond donors (Lipinski definition) is 1. The standard InChI is InChI=1S/C22H12F2O2/c23-22(24,21(25)26)18-11-10-16-14-7-2-5-12-4-1-6-13(19(12)14)15-8-3-9-17(18)20(15)16/h1-11H,(H,25,26). The van der Waals surface area contributed by atoms with Gasteiger partial charge in [0.15, 0.2) is 0 Å². The van der Waals surface area contributed by atoms with E-state index in [-0.39, 0.29) is 5.39 Å². The van der Waals surface area contributed by atoms with Crippen molar-refractivity contribution in [1.82, 2.24) is 0 Å².